The molecule has 0 saturated carbocycles. The number of carbonyl (C=O) groups excluding carboxylic acids is 3. The molecule has 0 unspecified atom stereocenters. The Morgan fingerprint density at radius 3 is 2.76 bits per heavy atom. The van der Waals surface area contributed by atoms with E-state index in [0.29, 0.717) is 47.2 Å². The molecule has 1 amide bonds. The van der Waals surface area contributed by atoms with Crippen molar-refractivity contribution >= 4 is 34.6 Å². The van der Waals surface area contributed by atoms with Gasteiger partial charge in [-0.3, -0.25) is 14.4 Å². The third-order valence-electron chi connectivity index (χ3n) is 6.14. The highest BCUT2D eigenvalue weighted by molar-refractivity contribution is 7.13. The second-order valence-corrected chi connectivity index (χ2v) is 10.6. The summed E-state index contributed by atoms with van der Waals surface area (Å²) in [5.74, 6) is 0.651. The van der Waals surface area contributed by atoms with E-state index >= 15 is 0 Å². The summed E-state index contributed by atoms with van der Waals surface area (Å²) in [5.41, 5.74) is 2.93. The van der Waals surface area contributed by atoms with Crippen LogP contribution in [-0.4, -0.2) is 64.6 Å². The minimum Gasteiger partial charge on any atom is -0.492 e. The SMILES string of the molecule is Cc1ccc(OCCN(C)C)c(CC(=O)c2cnc([C@@H](C)CC(=O)c3ncnc4c3CCC(=O)N4)s2)c1. The topological polar surface area (TPSA) is 114 Å². The Kier molecular flexibility index (Phi) is 8.40. The van der Waals surface area contributed by atoms with E-state index < -0.39 is 0 Å². The molecule has 1 aliphatic rings. The molecule has 1 N–H and O–H groups in total. The maximum Gasteiger partial charge on any atom is 0.225 e. The van der Waals surface area contributed by atoms with Crippen LogP contribution in [0, 0.1) is 6.92 Å². The van der Waals surface area contributed by atoms with Gasteiger partial charge in [-0.1, -0.05) is 24.6 Å². The fourth-order valence-corrected chi connectivity index (χ4v) is 5.03. The van der Waals surface area contributed by atoms with Gasteiger partial charge in [-0.15, -0.1) is 11.3 Å². The number of nitrogens with one attached hydrogen (secondary N) is 1. The van der Waals surface area contributed by atoms with Crippen LogP contribution in [0.25, 0.3) is 0 Å². The van der Waals surface area contributed by atoms with Crippen LogP contribution >= 0.6 is 11.3 Å². The first kappa shape index (κ1) is 26.6. The van der Waals surface area contributed by atoms with Gasteiger partial charge < -0.3 is 15.0 Å². The first-order valence-electron chi connectivity index (χ1n) is 12.2. The van der Waals surface area contributed by atoms with Gasteiger partial charge in [0.2, 0.25) is 5.91 Å². The zero-order valence-electron chi connectivity index (χ0n) is 21.5. The van der Waals surface area contributed by atoms with Crippen LogP contribution in [0.15, 0.2) is 30.7 Å². The van der Waals surface area contributed by atoms with Crippen LogP contribution in [-0.2, 0) is 17.6 Å². The van der Waals surface area contributed by atoms with Gasteiger partial charge in [0.25, 0.3) is 0 Å². The van der Waals surface area contributed by atoms with E-state index in [4.69, 9.17) is 4.74 Å². The summed E-state index contributed by atoms with van der Waals surface area (Å²) in [6.07, 6.45) is 4.04. The number of anilines is 1. The number of likely N-dealkylation sites (N-methyl/N-ethyl adjacent to an activating group) is 1. The summed E-state index contributed by atoms with van der Waals surface area (Å²) < 4.78 is 5.94. The summed E-state index contributed by atoms with van der Waals surface area (Å²) in [6, 6.07) is 5.87. The van der Waals surface area contributed by atoms with Gasteiger partial charge in [-0.05, 0) is 33.5 Å². The van der Waals surface area contributed by atoms with Crippen LogP contribution in [0.3, 0.4) is 0 Å². The van der Waals surface area contributed by atoms with Crippen molar-refractivity contribution in [1.29, 1.82) is 0 Å². The first-order valence-corrected chi connectivity index (χ1v) is 13.1. The van der Waals surface area contributed by atoms with E-state index in [0.717, 1.165) is 22.7 Å². The average Bonchev–Trinajstić information content (AvgIpc) is 3.35. The molecule has 1 aliphatic heterocycles. The van der Waals surface area contributed by atoms with E-state index in [1.807, 2.05) is 51.0 Å². The zero-order valence-corrected chi connectivity index (χ0v) is 22.4. The quantitative estimate of drug-likeness (QED) is 0.378. The van der Waals surface area contributed by atoms with Gasteiger partial charge in [0.1, 0.15) is 30.2 Å². The molecule has 0 fully saturated rings. The highest BCUT2D eigenvalue weighted by Gasteiger charge is 2.25. The van der Waals surface area contributed by atoms with Crippen LogP contribution < -0.4 is 10.1 Å². The molecule has 9 nitrogen and oxygen atoms in total. The van der Waals surface area contributed by atoms with Gasteiger partial charge in [-0.2, -0.15) is 0 Å². The fourth-order valence-electron chi connectivity index (χ4n) is 4.12. The summed E-state index contributed by atoms with van der Waals surface area (Å²) in [5, 5.41) is 3.42. The molecule has 1 atom stereocenters. The maximum absolute atomic E-state index is 13.1. The number of hydrogen-bond acceptors (Lipinski definition) is 9. The molecule has 0 saturated heterocycles. The van der Waals surface area contributed by atoms with E-state index in [9.17, 15) is 14.4 Å². The normalized spacial score (nSPS) is 13.7. The molecular weight excluding hydrogens is 490 g/mol. The fraction of sp³-hybridized carbons (Fsp3) is 0.407. The molecule has 0 aliphatic carbocycles. The number of benzene rings is 1. The van der Waals surface area contributed by atoms with Crippen molar-refractivity contribution in [3.63, 3.8) is 0 Å². The summed E-state index contributed by atoms with van der Waals surface area (Å²) in [4.78, 5) is 53.1. The van der Waals surface area contributed by atoms with E-state index in [1.54, 1.807) is 6.20 Å². The van der Waals surface area contributed by atoms with Crippen molar-refractivity contribution in [2.75, 3.05) is 32.6 Å². The molecule has 0 spiro atoms. The lowest BCUT2D eigenvalue weighted by Crippen LogP contribution is -2.23. The molecule has 4 rings (SSSR count). The molecule has 3 aromatic rings. The first-order chi connectivity index (χ1) is 17.7. The molecule has 2 aromatic heterocycles. The Morgan fingerprint density at radius 1 is 1.16 bits per heavy atom. The van der Waals surface area contributed by atoms with Gasteiger partial charge in [0, 0.05) is 49.0 Å². The molecule has 1 aromatic carbocycles. The Bertz CT molecular complexity index is 1320. The zero-order chi connectivity index (χ0) is 26.5. The number of aryl methyl sites for hydroxylation is 1. The number of ether oxygens (including phenoxy) is 1. The van der Waals surface area contributed by atoms with Crippen molar-refractivity contribution in [3.8, 4) is 5.75 Å². The molecular formula is C27H31N5O4S. The van der Waals surface area contributed by atoms with Crippen molar-refractivity contribution in [2.24, 2.45) is 0 Å². The summed E-state index contributed by atoms with van der Waals surface area (Å²) in [7, 11) is 3.97. The van der Waals surface area contributed by atoms with Gasteiger partial charge in [0.05, 0.1) is 9.88 Å². The second-order valence-electron chi connectivity index (χ2n) is 9.55. The molecule has 37 heavy (non-hydrogen) atoms. The van der Waals surface area contributed by atoms with Crippen molar-refractivity contribution in [2.45, 2.75) is 45.4 Å². The Morgan fingerprint density at radius 2 is 1.97 bits per heavy atom. The molecule has 0 radical (unpaired) electrons. The number of fused-ring (bicyclic) bond motifs is 1. The van der Waals surface area contributed by atoms with Gasteiger partial charge in [-0.25, -0.2) is 15.0 Å². The second kappa shape index (κ2) is 11.7. The predicted octanol–water partition coefficient (Wildman–Crippen LogP) is 3.87. The smallest absolute Gasteiger partial charge is 0.225 e. The van der Waals surface area contributed by atoms with Gasteiger partial charge in [0.15, 0.2) is 11.6 Å². The standard InChI is InChI=1S/C27H31N5O4S/c1-16-5-7-22(36-10-9-32(3)4)18(11-16)13-20(33)23-14-28-27(37-23)17(2)12-21(34)25-19-6-8-24(35)31-26(19)30-15-29-25/h5,7,11,14-15,17H,6,8-10,12-13H2,1-4H3,(H,29,30,31,35)/t17-/m0/s1. The number of amides is 1. The highest BCUT2D eigenvalue weighted by Crippen LogP contribution is 2.30. The van der Waals surface area contributed by atoms with Crippen LogP contribution in [0.1, 0.15) is 67.5 Å². The number of thiazole rings is 1. The maximum atomic E-state index is 13.1. The molecule has 194 valence electrons. The van der Waals surface area contributed by atoms with E-state index in [2.05, 4.69) is 20.3 Å². The number of rotatable bonds is 11. The van der Waals surface area contributed by atoms with Crippen LogP contribution in [0.4, 0.5) is 5.82 Å². The number of carbonyl (C=O) groups is 3. The van der Waals surface area contributed by atoms with Crippen molar-refractivity contribution < 1.29 is 19.1 Å². The Labute approximate surface area is 220 Å². The lowest BCUT2D eigenvalue weighted by atomic mass is 9.97. The minimum absolute atomic E-state index is 0.0362. The number of aromatic nitrogens is 3. The number of ketones is 2. The number of nitrogens with zero attached hydrogens (tertiary/aromatic N) is 4. The Hall–Kier alpha value is -3.50. The van der Waals surface area contributed by atoms with Crippen LogP contribution in [0.2, 0.25) is 0 Å². The summed E-state index contributed by atoms with van der Waals surface area (Å²) in [6.45, 7) is 5.22. The van der Waals surface area contributed by atoms with E-state index in [-0.39, 0.29) is 36.2 Å². The molecule has 10 heteroatoms. The number of hydrogen-bond donors (Lipinski definition) is 1. The lowest BCUT2D eigenvalue weighted by Gasteiger charge is -2.17. The third-order valence-corrected chi connectivity index (χ3v) is 7.41. The van der Waals surface area contributed by atoms with Crippen molar-refractivity contribution in [1.82, 2.24) is 19.9 Å². The monoisotopic (exact) mass is 521 g/mol. The number of Topliss-reactive ketones (excluding diaryl/α,β-unsaturated/α-hetero) is 2. The van der Waals surface area contributed by atoms with E-state index in [1.165, 1.54) is 17.7 Å². The largest absolute Gasteiger partial charge is 0.492 e. The average molecular weight is 522 g/mol. The van der Waals surface area contributed by atoms with Gasteiger partial charge >= 0.3 is 0 Å². The lowest BCUT2D eigenvalue weighted by molar-refractivity contribution is -0.116. The highest BCUT2D eigenvalue weighted by atomic mass is 32.1. The molecule has 3 heterocycles. The van der Waals surface area contributed by atoms with Crippen LogP contribution in [0.5, 0.6) is 5.75 Å². The minimum atomic E-state index is -0.188. The summed E-state index contributed by atoms with van der Waals surface area (Å²) >= 11 is 1.32. The molecule has 0 bridgehead atoms. The Balaban J connectivity index is 1.42. The predicted molar refractivity (Wildman–Crippen MR) is 142 cm³/mol. The third kappa shape index (κ3) is 6.64. The van der Waals surface area contributed by atoms with Crippen molar-refractivity contribution in [3.05, 3.63) is 63.0 Å².